The maximum atomic E-state index is 12.9. The fraction of sp³-hybridized carbons (Fsp3) is 0.333. The van der Waals surface area contributed by atoms with Gasteiger partial charge < -0.3 is 0 Å². The molecule has 5 rings (SSSR count). The molecule has 1 saturated heterocycles. The van der Waals surface area contributed by atoms with E-state index in [2.05, 4.69) is 30.3 Å². The average molecular weight is 276 g/mol. The van der Waals surface area contributed by atoms with Gasteiger partial charge in [-0.25, -0.2) is 4.99 Å². The summed E-state index contributed by atoms with van der Waals surface area (Å²) in [5.41, 5.74) is 2.06. The van der Waals surface area contributed by atoms with Gasteiger partial charge in [0.2, 0.25) is 5.91 Å². The molecule has 0 radical (unpaired) electrons. The van der Waals surface area contributed by atoms with E-state index in [4.69, 9.17) is 4.99 Å². The lowest BCUT2D eigenvalue weighted by Crippen LogP contribution is -2.32. The Balaban J connectivity index is 1.81. The fourth-order valence-electron chi connectivity index (χ4n) is 4.26. The summed E-state index contributed by atoms with van der Waals surface area (Å²) in [5.74, 6) is 1.74. The van der Waals surface area contributed by atoms with Crippen molar-refractivity contribution in [1.29, 1.82) is 0 Å². The van der Waals surface area contributed by atoms with E-state index in [1.807, 2.05) is 11.0 Å². The maximum Gasteiger partial charge on any atom is 0.236 e. The second-order valence-corrected chi connectivity index (χ2v) is 6.29. The van der Waals surface area contributed by atoms with E-state index in [0.29, 0.717) is 5.92 Å². The first-order valence-corrected chi connectivity index (χ1v) is 7.79. The molecule has 0 bridgehead atoms. The third kappa shape index (κ3) is 1.39. The molecule has 0 N–H and O–H groups in total. The van der Waals surface area contributed by atoms with Gasteiger partial charge in [0, 0.05) is 17.2 Å². The highest BCUT2D eigenvalue weighted by Gasteiger charge is 2.48. The monoisotopic (exact) mass is 276 g/mol. The van der Waals surface area contributed by atoms with Crippen molar-refractivity contribution >= 4 is 33.9 Å². The van der Waals surface area contributed by atoms with Gasteiger partial charge in [0.15, 0.2) is 0 Å². The lowest BCUT2D eigenvalue weighted by Gasteiger charge is -2.26. The fourth-order valence-corrected chi connectivity index (χ4v) is 4.26. The molecule has 2 heterocycles. The smallest absolute Gasteiger partial charge is 0.236 e. The van der Waals surface area contributed by atoms with E-state index in [1.54, 1.807) is 0 Å². The normalized spacial score (nSPS) is 26.6. The zero-order valence-electron chi connectivity index (χ0n) is 11.7. The first-order valence-electron chi connectivity index (χ1n) is 7.79. The van der Waals surface area contributed by atoms with Gasteiger partial charge in [-0.2, -0.15) is 0 Å². The van der Waals surface area contributed by atoms with Crippen LogP contribution in [0.1, 0.15) is 25.7 Å². The van der Waals surface area contributed by atoms with Crippen molar-refractivity contribution in [2.24, 2.45) is 16.8 Å². The molecule has 104 valence electrons. The van der Waals surface area contributed by atoms with Crippen molar-refractivity contribution in [3.8, 4) is 0 Å². The minimum Gasteiger partial charge on any atom is -0.274 e. The lowest BCUT2D eigenvalue weighted by molar-refractivity contribution is -0.121. The van der Waals surface area contributed by atoms with Crippen molar-refractivity contribution in [3.05, 3.63) is 36.4 Å². The van der Waals surface area contributed by atoms with Crippen LogP contribution >= 0.6 is 0 Å². The quantitative estimate of drug-likeness (QED) is 0.715. The highest BCUT2D eigenvalue weighted by atomic mass is 16.2. The van der Waals surface area contributed by atoms with Gasteiger partial charge >= 0.3 is 0 Å². The van der Waals surface area contributed by atoms with Gasteiger partial charge in [-0.3, -0.25) is 9.69 Å². The van der Waals surface area contributed by atoms with Crippen LogP contribution in [0, 0.1) is 11.8 Å². The second-order valence-electron chi connectivity index (χ2n) is 6.29. The molecule has 1 aliphatic carbocycles. The number of fused-ring (bicyclic) bond motifs is 4. The molecule has 3 aliphatic rings. The molecule has 1 saturated carbocycles. The van der Waals surface area contributed by atoms with Crippen LogP contribution in [0.2, 0.25) is 0 Å². The van der Waals surface area contributed by atoms with Gasteiger partial charge in [0.05, 0.1) is 11.4 Å². The van der Waals surface area contributed by atoms with Crippen molar-refractivity contribution < 1.29 is 4.79 Å². The molecule has 2 atom stereocenters. The second kappa shape index (κ2) is 3.94. The summed E-state index contributed by atoms with van der Waals surface area (Å²) in [7, 11) is 0. The largest absolute Gasteiger partial charge is 0.274 e. The van der Waals surface area contributed by atoms with Gasteiger partial charge in [-0.05, 0) is 30.4 Å². The third-order valence-corrected chi connectivity index (χ3v) is 5.20. The number of nitrogens with zero attached hydrogens (tertiary/aromatic N) is 2. The molecule has 1 amide bonds. The number of carbonyl (C=O) groups is 1. The average Bonchev–Trinajstić information content (AvgIpc) is 2.82. The SMILES string of the molecule is O=C1C2CCCCC2C2=Nc3cccc4cccc(c34)N12. The van der Waals surface area contributed by atoms with Crippen molar-refractivity contribution in [2.45, 2.75) is 25.7 Å². The predicted octanol–water partition coefficient (Wildman–Crippen LogP) is 4.04. The van der Waals surface area contributed by atoms with Crippen molar-refractivity contribution in [3.63, 3.8) is 0 Å². The van der Waals surface area contributed by atoms with Crippen LogP contribution in [0.25, 0.3) is 10.8 Å². The van der Waals surface area contributed by atoms with E-state index < -0.39 is 0 Å². The van der Waals surface area contributed by atoms with Crippen LogP contribution in [0.15, 0.2) is 41.4 Å². The van der Waals surface area contributed by atoms with Crippen LogP contribution in [0.3, 0.4) is 0 Å². The van der Waals surface area contributed by atoms with Crippen LogP contribution in [0.5, 0.6) is 0 Å². The predicted molar refractivity (Wildman–Crippen MR) is 84.0 cm³/mol. The summed E-state index contributed by atoms with van der Waals surface area (Å²) in [6.07, 6.45) is 4.51. The number of aliphatic imine (C=N–C) groups is 1. The molecule has 21 heavy (non-hydrogen) atoms. The highest BCUT2D eigenvalue weighted by Crippen LogP contribution is 2.47. The molecule has 2 fully saturated rings. The van der Waals surface area contributed by atoms with E-state index in [-0.39, 0.29) is 11.8 Å². The molecule has 0 aromatic heterocycles. The summed E-state index contributed by atoms with van der Waals surface area (Å²) in [6, 6.07) is 12.4. The molecule has 2 aromatic rings. The molecule has 2 unspecified atom stereocenters. The van der Waals surface area contributed by atoms with Gasteiger partial charge in [0.1, 0.15) is 5.84 Å². The summed E-state index contributed by atoms with van der Waals surface area (Å²) in [4.78, 5) is 19.7. The summed E-state index contributed by atoms with van der Waals surface area (Å²) < 4.78 is 0. The molecule has 0 spiro atoms. The van der Waals surface area contributed by atoms with Crippen LogP contribution in [0.4, 0.5) is 11.4 Å². The number of amides is 1. The van der Waals surface area contributed by atoms with Crippen LogP contribution in [-0.2, 0) is 4.79 Å². The van der Waals surface area contributed by atoms with Crippen molar-refractivity contribution in [2.75, 3.05) is 4.90 Å². The molecular weight excluding hydrogens is 260 g/mol. The third-order valence-electron chi connectivity index (χ3n) is 5.20. The molecule has 3 nitrogen and oxygen atoms in total. The Kier molecular flexibility index (Phi) is 2.16. The Bertz CT molecular complexity index is 803. The Morgan fingerprint density at radius 2 is 1.76 bits per heavy atom. The molecular formula is C18H16N2O. The van der Waals surface area contributed by atoms with Gasteiger partial charge in [-0.1, -0.05) is 37.1 Å². The highest BCUT2D eigenvalue weighted by molar-refractivity contribution is 6.30. The van der Waals surface area contributed by atoms with E-state index >= 15 is 0 Å². The van der Waals surface area contributed by atoms with E-state index in [0.717, 1.165) is 40.8 Å². The zero-order valence-corrected chi connectivity index (χ0v) is 11.7. The number of hydrogen-bond donors (Lipinski definition) is 0. The van der Waals surface area contributed by atoms with Crippen molar-refractivity contribution in [1.82, 2.24) is 0 Å². The maximum absolute atomic E-state index is 12.9. The summed E-state index contributed by atoms with van der Waals surface area (Å²) >= 11 is 0. The minimum absolute atomic E-state index is 0.155. The topological polar surface area (TPSA) is 32.7 Å². The lowest BCUT2D eigenvalue weighted by atomic mass is 9.81. The zero-order chi connectivity index (χ0) is 14.0. The first-order chi connectivity index (χ1) is 10.3. The van der Waals surface area contributed by atoms with Crippen LogP contribution < -0.4 is 4.90 Å². The number of amidine groups is 1. The van der Waals surface area contributed by atoms with Gasteiger partial charge in [-0.15, -0.1) is 0 Å². The first kappa shape index (κ1) is 11.5. The molecule has 2 aliphatic heterocycles. The number of hydrogen-bond acceptors (Lipinski definition) is 2. The minimum atomic E-state index is 0.155. The number of carbonyl (C=O) groups excluding carboxylic acids is 1. The van der Waals surface area contributed by atoms with E-state index in [9.17, 15) is 4.79 Å². The number of rotatable bonds is 0. The van der Waals surface area contributed by atoms with E-state index in [1.165, 1.54) is 12.8 Å². The Labute approximate surface area is 123 Å². The molecule has 3 heteroatoms. The Hall–Kier alpha value is -2.16. The summed E-state index contributed by atoms with van der Waals surface area (Å²) in [5, 5.41) is 2.28. The number of anilines is 1. The summed E-state index contributed by atoms with van der Waals surface area (Å²) in [6.45, 7) is 0. The van der Waals surface area contributed by atoms with Crippen LogP contribution in [-0.4, -0.2) is 11.7 Å². The van der Waals surface area contributed by atoms with Gasteiger partial charge in [0.25, 0.3) is 0 Å². The molecule has 2 aromatic carbocycles. The Morgan fingerprint density at radius 3 is 2.62 bits per heavy atom. The Morgan fingerprint density at radius 1 is 1.00 bits per heavy atom. The number of benzene rings is 2. The standard InChI is InChI=1S/C18H16N2O/c21-18-13-8-2-1-7-12(13)17-19-14-9-3-5-11-6-4-10-15(16(11)14)20(17)18/h3-6,9-10,12-13H,1-2,7-8H2.